The Labute approximate surface area is 104 Å². The maximum absolute atomic E-state index is 13.6. The molecule has 0 saturated carbocycles. The fraction of sp³-hybridized carbons (Fsp3) is 0.133. The fourth-order valence-corrected chi connectivity index (χ4v) is 2.15. The number of benzene rings is 2. The number of ether oxygens (including phenoxy) is 1. The van der Waals surface area contributed by atoms with Gasteiger partial charge in [-0.15, -0.1) is 0 Å². The van der Waals surface area contributed by atoms with Crippen molar-refractivity contribution in [1.82, 2.24) is 0 Å². The first-order chi connectivity index (χ1) is 8.78. The second-order valence-corrected chi connectivity index (χ2v) is 4.33. The van der Waals surface area contributed by atoms with E-state index in [0.29, 0.717) is 19.5 Å². The number of rotatable bonds is 2. The number of hydrogen-bond acceptors (Lipinski definition) is 2. The maximum atomic E-state index is 13.6. The summed E-state index contributed by atoms with van der Waals surface area (Å²) < 4.78 is 18.9. The predicted octanol–water partition coefficient (Wildman–Crippen LogP) is 3.34. The lowest BCUT2D eigenvalue weighted by Crippen LogP contribution is -1.89. The van der Waals surface area contributed by atoms with E-state index in [1.807, 2.05) is 18.2 Å². The van der Waals surface area contributed by atoms with Crippen LogP contribution in [0.4, 0.5) is 4.39 Å². The molecule has 0 bridgehead atoms. The standard InChI is InChI=1S/C15H11FO2/c16-15-6-11(1-3-12(15)7-17)10-2-4-13-8-18-9-14(13)5-10/h1-7H,8-9H2. The molecule has 2 nitrogen and oxygen atoms in total. The van der Waals surface area contributed by atoms with Gasteiger partial charge >= 0.3 is 0 Å². The van der Waals surface area contributed by atoms with Gasteiger partial charge in [-0.25, -0.2) is 4.39 Å². The summed E-state index contributed by atoms with van der Waals surface area (Å²) in [4.78, 5) is 10.6. The average Bonchev–Trinajstić information content (AvgIpc) is 2.85. The summed E-state index contributed by atoms with van der Waals surface area (Å²) in [6.07, 6.45) is 0.523. The molecule has 0 spiro atoms. The monoisotopic (exact) mass is 242 g/mol. The first kappa shape index (κ1) is 11.1. The normalized spacial score (nSPS) is 13.4. The van der Waals surface area contributed by atoms with E-state index >= 15 is 0 Å². The molecule has 1 aliphatic rings. The van der Waals surface area contributed by atoms with Crippen molar-refractivity contribution in [1.29, 1.82) is 0 Å². The minimum atomic E-state index is -0.487. The summed E-state index contributed by atoms with van der Waals surface area (Å²) in [5.41, 5.74) is 4.13. The van der Waals surface area contributed by atoms with Crippen molar-refractivity contribution < 1.29 is 13.9 Å². The molecule has 3 heteroatoms. The highest BCUT2D eigenvalue weighted by Gasteiger charge is 2.12. The quantitative estimate of drug-likeness (QED) is 0.755. The summed E-state index contributed by atoms with van der Waals surface area (Å²) in [6.45, 7) is 1.26. The zero-order valence-corrected chi connectivity index (χ0v) is 9.65. The molecular formula is C15H11FO2. The Balaban J connectivity index is 2.04. The van der Waals surface area contributed by atoms with E-state index in [2.05, 4.69) is 0 Å². The van der Waals surface area contributed by atoms with Crippen molar-refractivity contribution in [2.24, 2.45) is 0 Å². The van der Waals surface area contributed by atoms with Crippen molar-refractivity contribution >= 4 is 6.29 Å². The molecular weight excluding hydrogens is 231 g/mol. The highest BCUT2D eigenvalue weighted by atomic mass is 19.1. The van der Waals surface area contributed by atoms with Gasteiger partial charge in [-0.3, -0.25) is 4.79 Å². The van der Waals surface area contributed by atoms with Crippen LogP contribution in [0.15, 0.2) is 36.4 Å². The van der Waals surface area contributed by atoms with Gasteiger partial charge < -0.3 is 4.74 Å². The second-order valence-electron chi connectivity index (χ2n) is 4.33. The van der Waals surface area contributed by atoms with Crippen LogP contribution in [0.3, 0.4) is 0 Å². The van der Waals surface area contributed by atoms with Crippen molar-refractivity contribution in [3.05, 3.63) is 58.9 Å². The molecule has 0 unspecified atom stereocenters. The molecule has 0 fully saturated rings. The van der Waals surface area contributed by atoms with Gasteiger partial charge in [0.05, 0.1) is 18.8 Å². The molecule has 0 atom stereocenters. The van der Waals surface area contributed by atoms with Crippen LogP contribution in [0, 0.1) is 5.82 Å². The minimum Gasteiger partial charge on any atom is -0.372 e. The Morgan fingerprint density at radius 1 is 1.00 bits per heavy atom. The summed E-state index contributed by atoms with van der Waals surface area (Å²) >= 11 is 0. The Hall–Kier alpha value is -2.00. The van der Waals surface area contributed by atoms with Crippen LogP contribution in [-0.4, -0.2) is 6.29 Å². The van der Waals surface area contributed by atoms with Crippen LogP contribution >= 0.6 is 0 Å². The number of carbonyl (C=O) groups excluding carboxylic acids is 1. The van der Waals surface area contributed by atoms with E-state index in [1.54, 1.807) is 6.07 Å². The van der Waals surface area contributed by atoms with Crippen LogP contribution in [0.5, 0.6) is 0 Å². The van der Waals surface area contributed by atoms with Crippen molar-refractivity contribution in [2.75, 3.05) is 0 Å². The Morgan fingerprint density at radius 2 is 1.72 bits per heavy atom. The molecule has 18 heavy (non-hydrogen) atoms. The molecule has 0 saturated heterocycles. The number of hydrogen-bond donors (Lipinski definition) is 0. The first-order valence-electron chi connectivity index (χ1n) is 5.72. The topological polar surface area (TPSA) is 26.3 Å². The van der Waals surface area contributed by atoms with Crippen molar-refractivity contribution in [2.45, 2.75) is 13.2 Å². The summed E-state index contributed by atoms with van der Waals surface area (Å²) in [7, 11) is 0. The van der Waals surface area contributed by atoms with E-state index in [1.165, 1.54) is 17.7 Å². The van der Waals surface area contributed by atoms with Gasteiger partial charge in [0.2, 0.25) is 0 Å². The van der Waals surface area contributed by atoms with Crippen LogP contribution in [0.1, 0.15) is 21.5 Å². The number of halogens is 1. The van der Waals surface area contributed by atoms with Crippen LogP contribution in [-0.2, 0) is 18.0 Å². The maximum Gasteiger partial charge on any atom is 0.152 e. The molecule has 0 aliphatic carbocycles. The Kier molecular flexibility index (Phi) is 2.68. The Bertz CT molecular complexity index is 620. The van der Waals surface area contributed by atoms with Gasteiger partial charge in [-0.2, -0.15) is 0 Å². The van der Waals surface area contributed by atoms with E-state index in [-0.39, 0.29) is 5.56 Å². The SMILES string of the molecule is O=Cc1ccc(-c2ccc3c(c2)COC3)cc1F. The summed E-state index contributed by atoms with van der Waals surface area (Å²) in [6, 6.07) is 10.6. The lowest BCUT2D eigenvalue weighted by Gasteiger charge is -2.05. The third-order valence-electron chi connectivity index (χ3n) is 3.18. The van der Waals surface area contributed by atoms with Gasteiger partial charge in [0, 0.05) is 0 Å². The zero-order valence-electron chi connectivity index (χ0n) is 9.65. The molecule has 0 aromatic heterocycles. The molecule has 3 rings (SSSR count). The lowest BCUT2D eigenvalue weighted by atomic mass is 9.99. The highest BCUT2D eigenvalue weighted by molar-refractivity contribution is 5.77. The predicted molar refractivity (Wildman–Crippen MR) is 65.7 cm³/mol. The Morgan fingerprint density at radius 3 is 2.50 bits per heavy atom. The smallest absolute Gasteiger partial charge is 0.152 e. The summed E-state index contributed by atoms with van der Waals surface area (Å²) in [5.74, 6) is -0.487. The number of carbonyl (C=O) groups is 1. The zero-order chi connectivity index (χ0) is 12.5. The largest absolute Gasteiger partial charge is 0.372 e. The highest BCUT2D eigenvalue weighted by Crippen LogP contribution is 2.27. The van der Waals surface area contributed by atoms with Crippen LogP contribution in [0.2, 0.25) is 0 Å². The molecule has 1 aliphatic heterocycles. The first-order valence-corrected chi connectivity index (χ1v) is 5.72. The molecule has 2 aromatic rings. The van der Waals surface area contributed by atoms with Crippen LogP contribution < -0.4 is 0 Å². The van der Waals surface area contributed by atoms with Gasteiger partial charge in [-0.05, 0) is 40.5 Å². The van der Waals surface area contributed by atoms with E-state index in [0.717, 1.165) is 16.7 Å². The summed E-state index contributed by atoms with van der Waals surface area (Å²) in [5, 5.41) is 0. The molecule has 0 N–H and O–H groups in total. The van der Waals surface area contributed by atoms with Gasteiger partial charge in [-0.1, -0.05) is 18.2 Å². The van der Waals surface area contributed by atoms with Gasteiger partial charge in [0.1, 0.15) is 5.82 Å². The van der Waals surface area contributed by atoms with Gasteiger partial charge in [0.25, 0.3) is 0 Å². The second kappa shape index (κ2) is 4.35. The van der Waals surface area contributed by atoms with E-state index < -0.39 is 5.82 Å². The molecule has 2 aromatic carbocycles. The number of fused-ring (bicyclic) bond motifs is 1. The molecule has 0 radical (unpaired) electrons. The lowest BCUT2D eigenvalue weighted by molar-refractivity contribution is 0.112. The number of aldehydes is 1. The average molecular weight is 242 g/mol. The third kappa shape index (κ3) is 1.83. The fourth-order valence-electron chi connectivity index (χ4n) is 2.15. The van der Waals surface area contributed by atoms with Crippen molar-refractivity contribution in [3.63, 3.8) is 0 Å². The molecule has 1 heterocycles. The van der Waals surface area contributed by atoms with Crippen LogP contribution in [0.25, 0.3) is 11.1 Å². The van der Waals surface area contributed by atoms with Crippen molar-refractivity contribution in [3.8, 4) is 11.1 Å². The molecule has 0 amide bonds. The van der Waals surface area contributed by atoms with Gasteiger partial charge in [0.15, 0.2) is 6.29 Å². The van der Waals surface area contributed by atoms with E-state index in [4.69, 9.17) is 4.74 Å². The minimum absolute atomic E-state index is 0.0863. The van der Waals surface area contributed by atoms with E-state index in [9.17, 15) is 9.18 Å². The molecule has 90 valence electrons. The third-order valence-corrected chi connectivity index (χ3v) is 3.18.